The zero-order valence-corrected chi connectivity index (χ0v) is 10.8. The van der Waals surface area contributed by atoms with Crippen molar-refractivity contribution in [3.05, 3.63) is 28.8 Å². The van der Waals surface area contributed by atoms with Crippen LogP contribution in [0.4, 0.5) is 18.9 Å². The molecule has 1 fully saturated rings. The summed E-state index contributed by atoms with van der Waals surface area (Å²) in [5.74, 6) is -0.145. The Kier molecular flexibility index (Phi) is 3.62. The molecule has 3 nitrogen and oxygen atoms in total. The van der Waals surface area contributed by atoms with E-state index in [0.717, 1.165) is 12.1 Å². The van der Waals surface area contributed by atoms with E-state index >= 15 is 0 Å². The van der Waals surface area contributed by atoms with Gasteiger partial charge in [-0.05, 0) is 24.6 Å². The molecule has 1 aromatic carbocycles. The van der Waals surface area contributed by atoms with Crippen LogP contribution in [0.5, 0.6) is 0 Å². The fraction of sp³-hybridized carbons (Fsp3) is 0.417. The number of nitrogens with zero attached hydrogens (tertiary/aromatic N) is 1. The van der Waals surface area contributed by atoms with Crippen molar-refractivity contribution in [3.8, 4) is 0 Å². The molecule has 0 bridgehead atoms. The molecule has 0 aliphatic carbocycles. The fourth-order valence-corrected chi connectivity index (χ4v) is 2.13. The van der Waals surface area contributed by atoms with Crippen molar-refractivity contribution in [1.29, 1.82) is 0 Å². The molecule has 2 rings (SSSR count). The molecular formula is C12H12ClF3N2O. The minimum absolute atomic E-state index is 0.130. The summed E-state index contributed by atoms with van der Waals surface area (Å²) < 4.78 is 37.8. The second-order valence-electron chi connectivity index (χ2n) is 4.44. The van der Waals surface area contributed by atoms with E-state index in [1.807, 2.05) is 0 Å². The average molecular weight is 293 g/mol. The van der Waals surface area contributed by atoms with Crippen molar-refractivity contribution in [3.63, 3.8) is 0 Å². The number of rotatable bonds is 2. The summed E-state index contributed by atoms with van der Waals surface area (Å²) in [6, 6.07) is 2.49. The van der Waals surface area contributed by atoms with Gasteiger partial charge in [0.2, 0.25) is 5.91 Å². The van der Waals surface area contributed by atoms with Gasteiger partial charge in [0.1, 0.15) is 6.04 Å². The zero-order chi connectivity index (χ0) is 14.2. The van der Waals surface area contributed by atoms with Crippen molar-refractivity contribution in [2.45, 2.75) is 18.6 Å². The predicted octanol–water partition coefficient (Wildman–Crippen LogP) is 3.00. The quantitative estimate of drug-likeness (QED) is 0.909. The Morgan fingerprint density at radius 1 is 1.42 bits per heavy atom. The number of carbonyl (C=O) groups is 1. The van der Waals surface area contributed by atoms with Gasteiger partial charge < -0.3 is 10.2 Å². The zero-order valence-electron chi connectivity index (χ0n) is 10.1. The summed E-state index contributed by atoms with van der Waals surface area (Å²) in [5.41, 5.74) is -0.664. The highest BCUT2D eigenvalue weighted by molar-refractivity contribution is 6.33. The molecule has 1 aliphatic heterocycles. The monoisotopic (exact) mass is 292 g/mol. The van der Waals surface area contributed by atoms with E-state index in [-0.39, 0.29) is 16.6 Å². The largest absolute Gasteiger partial charge is 0.416 e. The first-order chi connectivity index (χ1) is 8.79. The number of hydrogen-bond donors (Lipinski definition) is 1. The lowest BCUT2D eigenvalue weighted by Gasteiger charge is -2.16. The van der Waals surface area contributed by atoms with Crippen molar-refractivity contribution in [2.75, 3.05) is 18.9 Å². The van der Waals surface area contributed by atoms with E-state index in [4.69, 9.17) is 11.6 Å². The summed E-state index contributed by atoms with van der Waals surface area (Å²) in [4.78, 5) is 13.2. The number of alkyl halides is 3. The van der Waals surface area contributed by atoms with Crippen molar-refractivity contribution in [1.82, 2.24) is 4.90 Å². The first-order valence-electron chi connectivity index (χ1n) is 5.67. The second kappa shape index (κ2) is 4.92. The Morgan fingerprint density at radius 2 is 2.11 bits per heavy atom. The molecule has 0 aromatic heterocycles. The molecule has 1 N–H and O–H groups in total. The van der Waals surface area contributed by atoms with Crippen LogP contribution in [0.3, 0.4) is 0 Å². The van der Waals surface area contributed by atoms with Crippen LogP contribution in [0.1, 0.15) is 12.0 Å². The summed E-state index contributed by atoms with van der Waals surface area (Å²) in [6.07, 6.45) is -3.89. The summed E-state index contributed by atoms with van der Waals surface area (Å²) in [5, 5.41) is 2.94. The van der Waals surface area contributed by atoms with Gasteiger partial charge in [-0.25, -0.2) is 0 Å². The Labute approximate surface area is 113 Å². The lowest BCUT2D eigenvalue weighted by molar-refractivity contribution is -0.137. The van der Waals surface area contributed by atoms with Gasteiger partial charge >= 0.3 is 6.18 Å². The molecule has 1 aromatic rings. The Balaban J connectivity index is 2.23. The van der Waals surface area contributed by atoms with E-state index in [1.54, 1.807) is 7.05 Å². The molecule has 1 heterocycles. The Hall–Kier alpha value is -1.43. The van der Waals surface area contributed by atoms with Crippen molar-refractivity contribution >= 4 is 23.2 Å². The number of benzene rings is 1. The third kappa shape index (κ3) is 2.94. The maximum absolute atomic E-state index is 12.6. The van der Waals surface area contributed by atoms with Gasteiger partial charge in [0.05, 0.1) is 16.3 Å². The first kappa shape index (κ1) is 14.0. The van der Waals surface area contributed by atoms with E-state index in [0.29, 0.717) is 13.0 Å². The molecule has 1 unspecified atom stereocenters. The molecule has 19 heavy (non-hydrogen) atoms. The van der Waals surface area contributed by atoms with E-state index in [9.17, 15) is 18.0 Å². The van der Waals surface area contributed by atoms with Crippen LogP contribution in [0.25, 0.3) is 0 Å². The molecule has 1 aliphatic rings. The summed E-state index contributed by atoms with van der Waals surface area (Å²) in [7, 11) is 1.65. The van der Waals surface area contributed by atoms with Crippen LogP contribution < -0.4 is 5.32 Å². The highest BCUT2D eigenvalue weighted by Crippen LogP contribution is 2.34. The highest BCUT2D eigenvalue weighted by atomic mass is 35.5. The number of halogens is 4. The van der Waals surface area contributed by atoms with Crippen LogP contribution in [-0.2, 0) is 11.0 Å². The van der Waals surface area contributed by atoms with Gasteiger partial charge in [0, 0.05) is 13.6 Å². The maximum atomic E-state index is 12.6. The van der Waals surface area contributed by atoms with Crippen molar-refractivity contribution in [2.24, 2.45) is 0 Å². The maximum Gasteiger partial charge on any atom is 0.416 e. The Morgan fingerprint density at radius 3 is 2.63 bits per heavy atom. The van der Waals surface area contributed by atoms with Crippen LogP contribution in [0.2, 0.25) is 5.02 Å². The smallest absolute Gasteiger partial charge is 0.372 e. The molecule has 1 atom stereocenters. The van der Waals surface area contributed by atoms with Crippen LogP contribution in [0, 0.1) is 0 Å². The molecule has 0 spiro atoms. The minimum Gasteiger partial charge on any atom is -0.372 e. The standard InChI is InChI=1S/C12H12ClF3N2O/c1-18-5-4-9(11(18)19)17-10-6-7(12(14,15)16)2-3-8(10)13/h2-3,6,9,17H,4-5H2,1H3. The van der Waals surface area contributed by atoms with E-state index in [1.165, 1.54) is 11.0 Å². The predicted molar refractivity (Wildman–Crippen MR) is 66.1 cm³/mol. The average Bonchev–Trinajstić information content (AvgIpc) is 2.62. The molecule has 0 radical (unpaired) electrons. The number of nitrogens with one attached hydrogen (secondary N) is 1. The molecule has 1 saturated heterocycles. The number of carbonyl (C=O) groups excluding carboxylic acids is 1. The van der Waals surface area contributed by atoms with Gasteiger partial charge in [-0.2, -0.15) is 13.2 Å². The normalized spacial score (nSPS) is 19.9. The lowest BCUT2D eigenvalue weighted by atomic mass is 10.1. The van der Waals surface area contributed by atoms with Crippen molar-refractivity contribution < 1.29 is 18.0 Å². The molecule has 104 valence electrons. The third-order valence-electron chi connectivity index (χ3n) is 3.05. The number of likely N-dealkylation sites (tertiary alicyclic amines) is 1. The number of amides is 1. The van der Waals surface area contributed by atoms with Gasteiger partial charge in [-0.15, -0.1) is 0 Å². The summed E-state index contributed by atoms with van der Waals surface area (Å²) in [6.45, 7) is 0.576. The molecule has 0 saturated carbocycles. The van der Waals surface area contributed by atoms with E-state index in [2.05, 4.69) is 5.32 Å². The fourth-order valence-electron chi connectivity index (χ4n) is 1.96. The van der Waals surface area contributed by atoms with Gasteiger partial charge in [0.15, 0.2) is 0 Å². The molecular weight excluding hydrogens is 281 g/mol. The summed E-state index contributed by atoms with van der Waals surface area (Å²) >= 11 is 5.85. The SMILES string of the molecule is CN1CCC(Nc2cc(C(F)(F)F)ccc2Cl)C1=O. The third-order valence-corrected chi connectivity index (χ3v) is 3.38. The van der Waals surface area contributed by atoms with Gasteiger partial charge in [-0.1, -0.05) is 11.6 Å². The van der Waals surface area contributed by atoms with E-state index < -0.39 is 17.8 Å². The number of anilines is 1. The molecule has 7 heteroatoms. The number of likely N-dealkylation sites (N-methyl/N-ethyl adjacent to an activating group) is 1. The highest BCUT2D eigenvalue weighted by Gasteiger charge is 2.33. The van der Waals surface area contributed by atoms with Gasteiger partial charge in [0.25, 0.3) is 0 Å². The molecule has 1 amide bonds. The van der Waals surface area contributed by atoms with Crippen LogP contribution >= 0.6 is 11.6 Å². The second-order valence-corrected chi connectivity index (χ2v) is 4.84. The van der Waals surface area contributed by atoms with Crippen LogP contribution in [-0.4, -0.2) is 30.4 Å². The minimum atomic E-state index is -4.43. The van der Waals surface area contributed by atoms with Crippen LogP contribution in [0.15, 0.2) is 18.2 Å². The topological polar surface area (TPSA) is 32.3 Å². The number of hydrogen-bond acceptors (Lipinski definition) is 2. The van der Waals surface area contributed by atoms with Gasteiger partial charge in [-0.3, -0.25) is 4.79 Å². The Bertz CT molecular complexity index is 504. The lowest BCUT2D eigenvalue weighted by Crippen LogP contribution is -2.31. The first-order valence-corrected chi connectivity index (χ1v) is 6.05.